The molecule has 21 heavy (non-hydrogen) atoms. The summed E-state index contributed by atoms with van der Waals surface area (Å²) in [5.41, 5.74) is 2.19. The van der Waals surface area contributed by atoms with Gasteiger partial charge in [-0.15, -0.1) is 5.10 Å². The van der Waals surface area contributed by atoms with Gasteiger partial charge in [0.1, 0.15) is 5.03 Å². The molecule has 0 unspecified atom stereocenters. The Hall–Kier alpha value is -2.60. The van der Waals surface area contributed by atoms with Crippen molar-refractivity contribution >= 4 is 17.7 Å². The van der Waals surface area contributed by atoms with E-state index < -0.39 is 5.97 Å². The van der Waals surface area contributed by atoms with Crippen LogP contribution in [0.4, 0.5) is 0 Å². The lowest BCUT2D eigenvalue weighted by molar-refractivity contribution is 0.0686. The van der Waals surface area contributed by atoms with Gasteiger partial charge in [-0.25, -0.2) is 4.79 Å². The van der Waals surface area contributed by atoms with Crippen molar-refractivity contribution in [3.63, 3.8) is 0 Å². The SMILES string of the molecule is O=C(O)c1nn[nH]c1Sc1ccc(-c2ccccc2)cc1. The van der Waals surface area contributed by atoms with Gasteiger partial charge in [-0.2, -0.15) is 0 Å². The molecule has 2 aromatic carbocycles. The third-order valence-electron chi connectivity index (χ3n) is 2.90. The van der Waals surface area contributed by atoms with Gasteiger partial charge >= 0.3 is 5.97 Å². The van der Waals surface area contributed by atoms with Crippen LogP contribution in [-0.2, 0) is 0 Å². The molecule has 1 heterocycles. The van der Waals surface area contributed by atoms with Gasteiger partial charge in [-0.1, -0.05) is 59.4 Å². The van der Waals surface area contributed by atoms with Crippen molar-refractivity contribution < 1.29 is 9.90 Å². The van der Waals surface area contributed by atoms with Crippen molar-refractivity contribution in [1.29, 1.82) is 0 Å². The zero-order chi connectivity index (χ0) is 14.7. The van der Waals surface area contributed by atoms with Crippen molar-refractivity contribution in [2.24, 2.45) is 0 Å². The first-order valence-corrected chi connectivity index (χ1v) is 7.03. The Morgan fingerprint density at radius 3 is 2.33 bits per heavy atom. The molecule has 0 aliphatic carbocycles. The number of carboxylic acid groups (broad SMARTS) is 1. The third-order valence-corrected chi connectivity index (χ3v) is 3.90. The molecule has 2 N–H and O–H groups in total. The van der Waals surface area contributed by atoms with Gasteiger partial charge in [0, 0.05) is 4.90 Å². The Kier molecular flexibility index (Phi) is 3.70. The zero-order valence-electron chi connectivity index (χ0n) is 10.9. The van der Waals surface area contributed by atoms with Gasteiger partial charge in [0.05, 0.1) is 0 Å². The van der Waals surface area contributed by atoms with Crippen molar-refractivity contribution in [3.8, 4) is 11.1 Å². The molecule has 0 aliphatic rings. The summed E-state index contributed by atoms with van der Waals surface area (Å²) in [6.45, 7) is 0. The highest BCUT2D eigenvalue weighted by Gasteiger charge is 2.15. The highest BCUT2D eigenvalue weighted by molar-refractivity contribution is 7.99. The summed E-state index contributed by atoms with van der Waals surface area (Å²) in [5.74, 6) is -1.09. The number of nitrogens with zero attached hydrogens (tertiary/aromatic N) is 2. The maximum atomic E-state index is 11.0. The summed E-state index contributed by atoms with van der Waals surface area (Å²) in [6, 6.07) is 17.9. The van der Waals surface area contributed by atoms with Gasteiger partial charge in [0.25, 0.3) is 0 Å². The summed E-state index contributed by atoms with van der Waals surface area (Å²) in [6.07, 6.45) is 0. The van der Waals surface area contributed by atoms with Crippen molar-refractivity contribution in [2.75, 3.05) is 0 Å². The quantitative estimate of drug-likeness (QED) is 0.772. The van der Waals surface area contributed by atoms with Crippen molar-refractivity contribution in [3.05, 3.63) is 60.3 Å². The van der Waals surface area contributed by atoms with Crippen LogP contribution in [0.3, 0.4) is 0 Å². The fraction of sp³-hybridized carbons (Fsp3) is 0. The molecule has 0 atom stereocenters. The number of aromatic amines is 1. The molecule has 0 bridgehead atoms. The predicted octanol–water partition coefficient (Wildman–Crippen LogP) is 3.32. The molecule has 5 nitrogen and oxygen atoms in total. The van der Waals surface area contributed by atoms with E-state index in [1.165, 1.54) is 11.8 Å². The Bertz CT molecular complexity index is 754. The second-order valence-corrected chi connectivity index (χ2v) is 5.37. The number of hydrogen-bond donors (Lipinski definition) is 2. The lowest BCUT2D eigenvalue weighted by Crippen LogP contribution is -1.98. The van der Waals surface area contributed by atoms with Gasteiger partial charge in [0.2, 0.25) is 5.69 Å². The van der Waals surface area contributed by atoms with Crippen LogP contribution in [0, 0.1) is 0 Å². The summed E-state index contributed by atoms with van der Waals surface area (Å²) < 4.78 is 0. The van der Waals surface area contributed by atoms with Crippen LogP contribution >= 0.6 is 11.8 Å². The fourth-order valence-electron chi connectivity index (χ4n) is 1.89. The van der Waals surface area contributed by atoms with Gasteiger partial charge in [-0.05, 0) is 23.3 Å². The van der Waals surface area contributed by atoms with Crippen LogP contribution in [0.15, 0.2) is 64.5 Å². The van der Waals surface area contributed by atoms with Crippen molar-refractivity contribution in [1.82, 2.24) is 15.4 Å². The monoisotopic (exact) mass is 297 g/mol. The third kappa shape index (κ3) is 2.95. The smallest absolute Gasteiger partial charge is 0.359 e. The lowest BCUT2D eigenvalue weighted by Gasteiger charge is -2.03. The highest BCUT2D eigenvalue weighted by atomic mass is 32.2. The summed E-state index contributed by atoms with van der Waals surface area (Å²) >= 11 is 1.29. The predicted molar refractivity (Wildman–Crippen MR) is 79.3 cm³/mol. The number of aromatic nitrogens is 3. The average molecular weight is 297 g/mol. The summed E-state index contributed by atoms with van der Waals surface area (Å²) in [5, 5.41) is 19.1. The van der Waals surface area contributed by atoms with Crippen LogP contribution in [0.2, 0.25) is 0 Å². The van der Waals surface area contributed by atoms with Gasteiger partial charge in [0.15, 0.2) is 0 Å². The van der Waals surface area contributed by atoms with Crippen LogP contribution in [-0.4, -0.2) is 26.5 Å². The van der Waals surface area contributed by atoms with E-state index in [1.54, 1.807) is 0 Å². The van der Waals surface area contributed by atoms with Crippen LogP contribution in [0.1, 0.15) is 10.5 Å². The molecule has 0 saturated carbocycles. The molecule has 0 aliphatic heterocycles. The Labute approximate surface area is 125 Å². The van der Waals surface area contributed by atoms with Crippen molar-refractivity contribution in [2.45, 2.75) is 9.92 Å². The first-order chi connectivity index (χ1) is 10.2. The molecule has 0 saturated heterocycles. The molecule has 0 fully saturated rings. The van der Waals surface area contributed by atoms with E-state index in [0.29, 0.717) is 5.03 Å². The van der Waals surface area contributed by atoms with Crippen LogP contribution < -0.4 is 0 Å². The lowest BCUT2D eigenvalue weighted by atomic mass is 10.1. The second-order valence-electron chi connectivity index (χ2n) is 4.29. The maximum Gasteiger partial charge on any atom is 0.359 e. The number of H-pyrrole nitrogens is 1. The van der Waals surface area contributed by atoms with Crippen LogP contribution in [0.25, 0.3) is 11.1 Å². The molecule has 3 rings (SSSR count). The summed E-state index contributed by atoms with van der Waals surface area (Å²) in [4.78, 5) is 11.9. The molecule has 0 spiro atoms. The van der Waals surface area contributed by atoms with E-state index in [4.69, 9.17) is 5.11 Å². The van der Waals surface area contributed by atoms with E-state index in [-0.39, 0.29) is 5.69 Å². The van der Waals surface area contributed by atoms with Gasteiger partial charge < -0.3 is 5.11 Å². The first-order valence-electron chi connectivity index (χ1n) is 6.22. The number of carboxylic acids is 1. The number of aromatic carboxylic acids is 1. The van der Waals surface area contributed by atoms with E-state index in [0.717, 1.165) is 16.0 Å². The van der Waals surface area contributed by atoms with E-state index in [2.05, 4.69) is 15.4 Å². The molecule has 6 heteroatoms. The average Bonchev–Trinajstić information content (AvgIpc) is 2.97. The molecule has 3 aromatic rings. The minimum absolute atomic E-state index is 0.0628. The Balaban J connectivity index is 1.82. The number of rotatable bonds is 4. The highest BCUT2D eigenvalue weighted by Crippen LogP contribution is 2.29. The topological polar surface area (TPSA) is 78.9 Å². The fourth-order valence-corrected chi connectivity index (χ4v) is 2.71. The Morgan fingerprint density at radius 2 is 1.67 bits per heavy atom. The van der Waals surface area contributed by atoms with E-state index >= 15 is 0 Å². The minimum atomic E-state index is -1.09. The molecule has 1 aromatic heterocycles. The molecule has 0 amide bonds. The zero-order valence-corrected chi connectivity index (χ0v) is 11.7. The van der Waals surface area contributed by atoms with Crippen LogP contribution in [0.5, 0.6) is 0 Å². The maximum absolute atomic E-state index is 11.0. The summed E-state index contributed by atoms with van der Waals surface area (Å²) in [7, 11) is 0. The number of nitrogens with one attached hydrogen (secondary N) is 1. The van der Waals surface area contributed by atoms with Gasteiger partial charge in [-0.3, -0.25) is 5.10 Å². The standard InChI is InChI=1S/C15H11N3O2S/c19-15(20)13-14(17-18-16-13)21-12-8-6-11(7-9-12)10-4-2-1-3-5-10/h1-9H,(H,19,20)(H,16,17,18). The largest absolute Gasteiger partial charge is 0.476 e. The van der Waals surface area contributed by atoms with E-state index in [9.17, 15) is 4.79 Å². The molecular weight excluding hydrogens is 286 g/mol. The minimum Gasteiger partial charge on any atom is -0.476 e. The Morgan fingerprint density at radius 1 is 1.00 bits per heavy atom. The normalized spacial score (nSPS) is 10.5. The number of carbonyl (C=O) groups is 1. The van der Waals surface area contributed by atoms with E-state index in [1.807, 2.05) is 54.6 Å². The molecular formula is C15H11N3O2S. The second kappa shape index (κ2) is 5.80. The first kappa shape index (κ1) is 13.4. The molecule has 104 valence electrons. The number of hydrogen-bond acceptors (Lipinski definition) is 4. The number of benzene rings is 2. The molecule has 0 radical (unpaired) electrons.